The number of carbonyl (C=O) groups excluding carboxylic acids is 2. The molecule has 3 rings (SSSR count). The van der Waals surface area contributed by atoms with E-state index in [1.807, 2.05) is 6.92 Å². The van der Waals surface area contributed by atoms with Crippen molar-refractivity contribution in [3.63, 3.8) is 0 Å². The van der Waals surface area contributed by atoms with E-state index in [4.69, 9.17) is 15.2 Å². The number of rotatable bonds is 14. The quantitative estimate of drug-likeness (QED) is 0.150. The predicted octanol–water partition coefficient (Wildman–Crippen LogP) is 3.63. The van der Waals surface area contributed by atoms with Crippen LogP contribution in [0.2, 0.25) is 0 Å². The maximum Gasteiger partial charge on any atom is 0.326 e. The highest BCUT2D eigenvalue weighted by atomic mass is 31.2. The van der Waals surface area contributed by atoms with Gasteiger partial charge in [0.25, 0.3) is 13.4 Å². The molecule has 2 atom stereocenters. The summed E-state index contributed by atoms with van der Waals surface area (Å²) in [6.07, 6.45) is 4.49. The van der Waals surface area contributed by atoms with Gasteiger partial charge in [-0.05, 0) is 51.5 Å². The first-order valence-corrected chi connectivity index (χ1v) is 14.5. The summed E-state index contributed by atoms with van der Waals surface area (Å²) in [7, 11) is -3.91. The summed E-state index contributed by atoms with van der Waals surface area (Å²) in [4.78, 5) is 38.0. The van der Waals surface area contributed by atoms with Crippen molar-refractivity contribution in [2.24, 2.45) is 0 Å². The Bertz CT molecular complexity index is 1330. The highest BCUT2D eigenvalue weighted by Gasteiger charge is 2.39. The van der Waals surface area contributed by atoms with Gasteiger partial charge in [0.1, 0.15) is 29.5 Å². The predicted molar refractivity (Wildman–Crippen MR) is 144 cm³/mol. The van der Waals surface area contributed by atoms with E-state index in [-0.39, 0.29) is 24.5 Å². The van der Waals surface area contributed by atoms with Crippen molar-refractivity contribution in [1.82, 2.24) is 29.7 Å². The topological polar surface area (TPSA) is 163 Å². The molecule has 0 spiro atoms. The summed E-state index contributed by atoms with van der Waals surface area (Å²) >= 11 is 0. The number of anilines is 1. The lowest BCUT2D eigenvalue weighted by Crippen LogP contribution is -2.49. The lowest BCUT2D eigenvalue weighted by molar-refractivity contribution is -0.149. The summed E-state index contributed by atoms with van der Waals surface area (Å²) in [5.41, 5.74) is 5.48. The van der Waals surface area contributed by atoms with Crippen molar-refractivity contribution in [3.8, 4) is 0 Å². The molecule has 0 aliphatic heterocycles. The Balaban J connectivity index is 1.74. The Kier molecular flexibility index (Phi) is 10.1. The van der Waals surface area contributed by atoms with Crippen molar-refractivity contribution in [3.05, 3.63) is 48.3 Å². The Morgan fingerprint density at radius 2 is 1.90 bits per heavy atom. The average Bonchev–Trinajstić information content (AvgIpc) is 3.29. The molecule has 39 heavy (non-hydrogen) atoms. The van der Waals surface area contributed by atoms with E-state index < -0.39 is 43.1 Å². The fourth-order valence-electron chi connectivity index (χ4n) is 3.71. The van der Waals surface area contributed by atoms with E-state index >= 15 is 0 Å². The first kappa shape index (κ1) is 30.1. The van der Waals surface area contributed by atoms with Gasteiger partial charge in [-0.1, -0.05) is 19.8 Å². The Morgan fingerprint density at radius 3 is 2.59 bits per heavy atom. The molecule has 12 nitrogen and oxygen atoms in total. The zero-order valence-electron chi connectivity index (χ0n) is 22.5. The maximum absolute atomic E-state index is 14.0. The number of imidazole rings is 1. The fraction of sp³-hybridized carbons (Fsp3) is 0.480. The van der Waals surface area contributed by atoms with Crippen molar-refractivity contribution in [1.29, 1.82) is 0 Å². The Morgan fingerprint density at radius 1 is 1.18 bits per heavy atom. The van der Waals surface area contributed by atoms with Gasteiger partial charge in [0, 0.05) is 5.56 Å². The molecule has 0 bridgehead atoms. The molecule has 1 amide bonds. The number of esters is 1. The number of fused-ring (bicyclic) bond motifs is 1. The summed E-state index contributed by atoms with van der Waals surface area (Å²) in [5, 5.41) is 5.23. The lowest BCUT2D eigenvalue weighted by Gasteiger charge is -2.31. The molecule has 1 unspecified atom stereocenters. The molecule has 0 radical (unpaired) electrons. The van der Waals surface area contributed by atoms with Gasteiger partial charge in [-0.15, -0.1) is 0 Å². The minimum absolute atomic E-state index is 0.0913. The van der Waals surface area contributed by atoms with E-state index in [1.54, 1.807) is 17.8 Å². The molecule has 2 heterocycles. The molecular formula is C25H35FN7O5P. The zero-order valence-corrected chi connectivity index (χ0v) is 23.4. The number of hydrogen-bond donors (Lipinski definition) is 3. The molecule has 0 aliphatic rings. The van der Waals surface area contributed by atoms with Crippen LogP contribution >= 0.6 is 7.44 Å². The van der Waals surface area contributed by atoms with Gasteiger partial charge in [0.05, 0.1) is 25.6 Å². The number of halogens is 1. The zero-order chi connectivity index (χ0) is 28.6. The minimum atomic E-state index is -3.91. The first-order valence-electron chi connectivity index (χ1n) is 12.6. The normalized spacial score (nSPS) is 14.1. The van der Waals surface area contributed by atoms with Gasteiger partial charge in [0.15, 0.2) is 11.5 Å². The van der Waals surface area contributed by atoms with Gasteiger partial charge >= 0.3 is 5.97 Å². The number of amides is 1. The number of nitrogens with one attached hydrogen (secondary N) is 2. The summed E-state index contributed by atoms with van der Waals surface area (Å²) in [6, 6.07) is 4.77. The summed E-state index contributed by atoms with van der Waals surface area (Å²) in [6.45, 7) is 7.31. The van der Waals surface area contributed by atoms with E-state index in [9.17, 15) is 18.5 Å². The summed E-state index contributed by atoms with van der Waals surface area (Å²) < 4.78 is 40.3. The lowest BCUT2D eigenvalue weighted by atomic mass is 10.1. The molecule has 2 aromatic heterocycles. The minimum Gasteiger partial charge on any atom is -0.464 e. The van der Waals surface area contributed by atoms with Crippen molar-refractivity contribution in [2.75, 3.05) is 18.7 Å². The van der Waals surface area contributed by atoms with Crippen LogP contribution in [0.25, 0.3) is 11.2 Å². The molecule has 212 valence electrons. The molecule has 0 aliphatic carbocycles. The van der Waals surface area contributed by atoms with Gasteiger partial charge < -0.3 is 19.8 Å². The van der Waals surface area contributed by atoms with Gasteiger partial charge in [0.2, 0.25) is 0 Å². The van der Waals surface area contributed by atoms with E-state index in [0.717, 1.165) is 25.0 Å². The number of nitrogen functional groups attached to an aromatic ring is 1. The van der Waals surface area contributed by atoms with Crippen molar-refractivity contribution in [2.45, 2.75) is 65.1 Å². The van der Waals surface area contributed by atoms with E-state index in [0.29, 0.717) is 17.6 Å². The van der Waals surface area contributed by atoms with Crippen LogP contribution in [0, 0.1) is 5.82 Å². The van der Waals surface area contributed by atoms with Crippen LogP contribution in [0.5, 0.6) is 0 Å². The van der Waals surface area contributed by atoms with E-state index in [2.05, 4.69) is 25.1 Å². The monoisotopic (exact) mass is 563 g/mol. The average molecular weight is 564 g/mol. The second kappa shape index (κ2) is 13.1. The third-order valence-corrected chi connectivity index (χ3v) is 7.76. The molecule has 0 fully saturated rings. The molecular weight excluding hydrogens is 528 g/mol. The van der Waals surface area contributed by atoms with Crippen LogP contribution in [0.15, 0.2) is 36.9 Å². The molecule has 0 saturated carbocycles. The number of carbonyl (C=O) groups is 2. The second-order valence-corrected chi connectivity index (χ2v) is 11.9. The van der Waals surface area contributed by atoms with Gasteiger partial charge in [-0.2, -0.15) is 0 Å². The van der Waals surface area contributed by atoms with Crippen LogP contribution in [-0.4, -0.2) is 56.0 Å². The largest absolute Gasteiger partial charge is 0.464 e. The maximum atomic E-state index is 14.0. The molecule has 14 heteroatoms. The molecule has 4 N–H and O–H groups in total. The third-order valence-electron chi connectivity index (χ3n) is 5.76. The molecule has 3 aromatic rings. The highest BCUT2D eigenvalue weighted by Crippen LogP contribution is 2.40. The number of hydrogen-bond acceptors (Lipinski definition) is 9. The fourth-order valence-corrected chi connectivity index (χ4v) is 5.81. The standard InChI is InChI=1S/C25H35FN7O5P/c1-5-6-7-12-37-24(35)25(3,4)32-39(36,31-23(34)18-8-10-19(26)11-9-18)16-38-17(2)13-33-15-30-20-21(27)28-14-29-22(20)33/h8-11,14-15,17H,5-7,12-13,16H2,1-4H3,(H2,27,28,29)(H2,31,32,34,36)/t17-,39?/m1/s1. The number of unbranched alkanes of at least 4 members (excludes halogenated alkanes) is 2. The summed E-state index contributed by atoms with van der Waals surface area (Å²) in [5.74, 6) is -1.61. The highest BCUT2D eigenvalue weighted by molar-refractivity contribution is 7.60. The van der Waals surface area contributed by atoms with Crippen LogP contribution in [0.1, 0.15) is 57.3 Å². The number of benzene rings is 1. The van der Waals surface area contributed by atoms with Crippen molar-refractivity contribution < 1.29 is 28.0 Å². The van der Waals surface area contributed by atoms with Crippen LogP contribution in [-0.2, 0) is 25.4 Å². The Hall–Kier alpha value is -3.41. The van der Waals surface area contributed by atoms with Crippen molar-refractivity contribution >= 4 is 36.3 Å². The van der Waals surface area contributed by atoms with Crippen LogP contribution in [0.3, 0.4) is 0 Å². The van der Waals surface area contributed by atoms with Crippen LogP contribution < -0.4 is 15.9 Å². The van der Waals surface area contributed by atoms with Gasteiger partial charge in [-0.25, -0.2) is 24.4 Å². The number of aromatic nitrogens is 4. The Labute approximate surface area is 226 Å². The number of nitrogens with two attached hydrogens (primary N) is 1. The molecule has 0 saturated heterocycles. The SMILES string of the molecule is CCCCCOC(=O)C(C)(C)NP(=O)(CO[C@H](C)Cn1cnc2c(N)ncnc21)NC(=O)c1ccc(F)cc1. The smallest absolute Gasteiger partial charge is 0.326 e. The number of nitrogens with zero attached hydrogens (tertiary/aromatic N) is 4. The van der Waals surface area contributed by atoms with E-state index in [1.165, 1.54) is 32.3 Å². The van der Waals surface area contributed by atoms with Gasteiger partial charge in [-0.3, -0.25) is 19.2 Å². The third kappa shape index (κ3) is 8.29. The molecule has 1 aromatic carbocycles. The number of ether oxygens (including phenoxy) is 2. The second-order valence-electron chi connectivity index (χ2n) is 9.70. The first-order chi connectivity index (χ1) is 18.4. The van der Waals surface area contributed by atoms with Crippen LogP contribution in [0.4, 0.5) is 10.2 Å².